The van der Waals surface area contributed by atoms with E-state index in [-0.39, 0.29) is 12.1 Å². The Hall–Kier alpha value is -3.33. The fraction of sp³-hybridized carbons (Fsp3) is 0.381. The number of imidazole rings is 1. The third-order valence-corrected chi connectivity index (χ3v) is 6.07. The average molecular weight is 401 g/mol. The smallest absolute Gasteiger partial charge is 0.180 e. The van der Waals surface area contributed by atoms with E-state index in [1.165, 1.54) is 12.8 Å². The van der Waals surface area contributed by atoms with Crippen LogP contribution in [0.1, 0.15) is 43.0 Å². The number of hydrogen-bond acceptors (Lipinski definition) is 7. The predicted octanol–water partition coefficient (Wildman–Crippen LogP) is 2.33. The Balaban J connectivity index is 1.40. The number of aromatic nitrogens is 7. The van der Waals surface area contributed by atoms with Crippen molar-refractivity contribution in [2.24, 2.45) is 0 Å². The molecule has 1 aliphatic heterocycles. The third kappa shape index (κ3) is 2.93. The normalized spacial score (nSPS) is 22.0. The molecule has 1 aliphatic carbocycles. The molecule has 1 saturated carbocycles. The van der Waals surface area contributed by atoms with Crippen LogP contribution in [-0.4, -0.2) is 53.7 Å². The molecule has 9 heteroatoms. The summed E-state index contributed by atoms with van der Waals surface area (Å²) in [6.45, 7) is 3.96. The molecule has 2 fully saturated rings. The van der Waals surface area contributed by atoms with Crippen LogP contribution in [0.25, 0.3) is 17.2 Å². The maximum Gasteiger partial charge on any atom is 0.180 e. The zero-order valence-corrected chi connectivity index (χ0v) is 16.7. The molecule has 152 valence electrons. The highest BCUT2D eigenvalue weighted by molar-refractivity contribution is 5.59. The zero-order chi connectivity index (χ0) is 20.1. The zero-order valence-electron chi connectivity index (χ0n) is 16.7. The minimum atomic E-state index is 0.146. The highest BCUT2D eigenvalue weighted by Gasteiger charge is 2.31. The molecule has 1 saturated heterocycles. The topological polar surface area (TPSA) is 99.9 Å². The first-order chi connectivity index (χ1) is 14.8. The molecule has 2 unspecified atom stereocenters. The molecule has 2 N–H and O–H groups in total. The summed E-state index contributed by atoms with van der Waals surface area (Å²) >= 11 is 0. The maximum absolute atomic E-state index is 4.95. The Morgan fingerprint density at radius 2 is 2.03 bits per heavy atom. The van der Waals surface area contributed by atoms with Crippen molar-refractivity contribution in [2.75, 3.05) is 18.0 Å². The van der Waals surface area contributed by atoms with Gasteiger partial charge in [-0.1, -0.05) is 0 Å². The number of H-pyrrole nitrogens is 1. The molecule has 2 aliphatic rings. The Morgan fingerprint density at radius 3 is 2.87 bits per heavy atom. The van der Waals surface area contributed by atoms with E-state index in [9.17, 15) is 0 Å². The Kier molecular flexibility index (Phi) is 4.02. The molecule has 6 rings (SSSR count). The van der Waals surface area contributed by atoms with Crippen molar-refractivity contribution in [3.8, 4) is 11.5 Å². The maximum atomic E-state index is 4.95. The summed E-state index contributed by atoms with van der Waals surface area (Å²) in [5, 5.41) is 10.6. The lowest BCUT2D eigenvalue weighted by Gasteiger charge is -2.41. The second-order valence-electron chi connectivity index (χ2n) is 8.11. The molecule has 9 nitrogen and oxygen atoms in total. The fourth-order valence-electron chi connectivity index (χ4n) is 4.37. The van der Waals surface area contributed by atoms with Gasteiger partial charge in [-0.15, -0.1) is 0 Å². The molecule has 5 heterocycles. The van der Waals surface area contributed by atoms with Crippen molar-refractivity contribution in [3.05, 3.63) is 54.5 Å². The van der Waals surface area contributed by atoms with Crippen molar-refractivity contribution < 1.29 is 0 Å². The molecule has 0 spiro atoms. The number of nitrogens with zero attached hydrogens (tertiary/aromatic N) is 7. The van der Waals surface area contributed by atoms with Crippen LogP contribution < -0.4 is 10.2 Å². The van der Waals surface area contributed by atoms with Gasteiger partial charge in [-0.3, -0.25) is 14.5 Å². The molecule has 30 heavy (non-hydrogen) atoms. The van der Waals surface area contributed by atoms with E-state index in [2.05, 4.69) is 52.9 Å². The van der Waals surface area contributed by atoms with Gasteiger partial charge < -0.3 is 10.2 Å². The van der Waals surface area contributed by atoms with Gasteiger partial charge in [-0.2, -0.15) is 5.10 Å². The molecule has 4 aromatic heterocycles. The molecule has 4 aromatic rings. The Labute approximate surface area is 173 Å². The van der Waals surface area contributed by atoms with Gasteiger partial charge in [0.15, 0.2) is 11.5 Å². The van der Waals surface area contributed by atoms with Crippen LogP contribution in [0.3, 0.4) is 0 Å². The summed E-state index contributed by atoms with van der Waals surface area (Å²) in [7, 11) is 0. The predicted molar refractivity (Wildman–Crippen MR) is 112 cm³/mol. The highest BCUT2D eigenvalue weighted by atomic mass is 15.3. The van der Waals surface area contributed by atoms with Crippen LogP contribution in [-0.2, 0) is 0 Å². The average Bonchev–Trinajstić information content (AvgIpc) is 3.32. The van der Waals surface area contributed by atoms with Crippen LogP contribution in [0.2, 0.25) is 0 Å². The highest BCUT2D eigenvalue weighted by Crippen LogP contribution is 2.39. The number of fused-ring (bicyclic) bond motifs is 1. The molecule has 0 aromatic carbocycles. The van der Waals surface area contributed by atoms with E-state index >= 15 is 0 Å². The number of piperazine rings is 1. The minimum Gasteiger partial charge on any atom is -0.346 e. The lowest BCUT2D eigenvalue weighted by molar-refractivity contribution is 0.391. The Bertz CT molecular complexity index is 1180. The van der Waals surface area contributed by atoms with Gasteiger partial charge >= 0.3 is 0 Å². The number of hydrogen-bond donors (Lipinski definition) is 2. The summed E-state index contributed by atoms with van der Waals surface area (Å²) in [5.74, 6) is 2.16. The van der Waals surface area contributed by atoms with Gasteiger partial charge in [-0.05, 0) is 25.8 Å². The van der Waals surface area contributed by atoms with Gasteiger partial charge in [0.05, 0.1) is 30.3 Å². The monoisotopic (exact) mass is 401 g/mol. The first-order valence-electron chi connectivity index (χ1n) is 10.4. The van der Waals surface area contributed by atoms with Crippen molar-refractivity contribution in [2.45, 2.75) is 37.8 Å². The van der Waals surface area contributed by atoms with Crippen molar-refractivity contribution >= 4 is 11.5 Å². The van der Waals surface area contributed by atoms with Gasteiger partial charge in [0.2, 0.25) is 0 Å². The SMILES string of the molecule is CC1NCCN(c2ccnc(-c3cnc4cnc(C5CC5)cn34)n2)C1c1cn[nH]c1. The third-order valence-electron chi connectivity index (χ3n) is 6.07. The quantitative estimate of drug-likeness (QED) is 0.541. The molecule has 0 radical (unpaired) electrons. The summed E-state index contributed by atoms with van der Waals surface area (Å²) < 4.78 is 2.06. The molecular formula is C21H23N9. The Morgan fingerprint density at radius 1 is 1.10 bits per heavy atom. The number of anilines is 1. The minimum absolute atomic E-state index is 0.146. The first kappa shape index (κ1) is 17.5. The molecule has 0 amide bonds. The molecule has 0 bridgehead atoms. The van der Waals surface area contributed by atoms with Crippen LogP contribution in [0.4, 0.5) is 5.82 Å². The van der Waals surface area contributed by atoms with Gasteiger partial charge in [0.1, 0.15) is 11.5 Å². The standard InChI is InChI=1S/C21H23N9/c1-13-20(15-8-26-27-9-15)29(7-6-22-13)18-4-5-23-21(28-18)17-10-25-19-11-24-16(12-30(17)19)14-2-3-14/h4-5,8-14,20,22H,2-3,6-7H2,1H3,(H,26,27). The second-order valence-corrected chi connectivity index (χ2v) is 8.11. The fourth-order valence-corrected chi connectivity index (χ4v) is 4.37. The van der Waals surface area contributed by atoms with Crippen molar-refractivity contribution in [3.63, 3.8) is 0 Å². The molecular weight excluding hydrogens is 378 g/mol. The summed E-state index contributed by atoms with van der Waals surface area (Å²) in [4.78, 5) is 20.9. The van der Waals surface area contributed by atoms with Crippen LogP contribution in [0.5, 0.6) is 0 Å². The van der Waals surface area contributed by atoms with E-state index in [4.69, 9.17) is 4.98 Å². The summed E-state index contributed by atoms with van der Waals surface area (Å²) in [5.41, 5.74) is 3.97. The number of nitrogens with one attached hydrogen (secondary N) is 2. The number of rotatable bonds is 4. The van der Waals surface area contributed by atoms with Gasteiger partial charge in [0, 0.05) is 49.2 Å². The van der Waals surface area contributed by atoms with E-state index in [1.807, 2.05) is 37.1 Å². The van der Waals surface area contributed by atoms with Crippen molar-refractivity contribution in [1.82, 2.24) is 39.9 Å². The van der Waals surface area contributed by atoms with Crippen LogP contribution >= 0.6 is 0 Å². The van der Waals surface area contributed by atoms with Crippen LogP contribution in [0.15, 0.2) is 43.2 Å². The van der Waals surface area contributed by atoms with E-state index < -0.39 is 0 Å². The first-order valence-corrected chi connectivity index (χ1v) is 10.4. The van der Waals surface area contributed by atoms with E-state index in [0.717, 1.165) is 41.5 Å². The summed E-state index contributed by atoms with van der Waals surface area (Å²) in [6, 6.07) is 2.40. The van der Waals surface area contributed by atoms with Crippen LogP contribution in [0, 0.1) is 0 Å². The largest absolute Gasteiger partial charge is 0.346 e. The van der Waals surface area contributed by atoms with E-state index in [0.29, 0.717) is 11.7 Å². The molecule has 2 atom stereocenters. The van der Waals surface area contributed by atoms with Crippen molar-refractivity contribution in [1.29, 1.82) is 0 Å². The lowest BCUT2D eigenvalue weighted by atomic mass is 9.99. The van der Waals surface area contributed by atoms with E-state index in [1.54, 1.807) is 0 Å². The van der Waals surface area contributed by atoms with Gasteiger partial charge in [-0.25, -0.2) is 15.0 Å². The van der Waals surface area contributed by atoms with Gasteiger partial charge in [0.25, 0.3) is 0 Å². The summed E-state index contributed by atoms with van der Waals surface area (Å²) in [6.07, 6.45) is 13.9. The lowest BCUT2D eigenvalue weighted by Crippen LogP contribution is -2.51. The second kappa shape index (κ2) is 6.88. The number of aromatic amines is 1.